The summed E-state index contributed by atoms with van der Waals surface area (Å²) in [7, 11) is 0. The quantitative estimate of drug-likeness (QED) is 0.723. The number of halogens is 2. The van der Waals surface area contributed by atoms with E-state index in [4.69, 9.17) is 11.6 Å². The van der Waals surface area contributed by atoms with Crippen LogP contribution in [0.3, 0.4) is 0 Å². The van der Waals surface area contributed by atoms with Crippen LogP contribution in [-0.4, -0.2) is 5.11 Å². The molecule has 1 N–H and O–H groups in total. The van der Waals surface area contributed by atoms with Crippen molar-refractivity contribution in [3.63, 3.8) is 0 Å². The van der Waals surface area contributed by atoms with E-state index in [9.17, 15) is 9.50 Å². The Bertz CT molecular complexity index is 770. The zero-order chi connectivity index (χ0) is 14.1. The molecule has 1 unspecified atom stereocenters. The summed E-state index contributed by atoms with van der Waals surface area (Å²) in [5.74, 6) is -0.296. The number of hydrogen-bond acceptors (Lipinski definition) is 1. The molecule has 0 aliphatic carbocycles. The van der Waals surface area contributed by atoms with E-state index in [0.29, 0.717) is 26.9 Å². The Labute approximate surface area is 121 Å². The van der Waals surface area contributed by atoms with Gasteiger partial charge in [-0.1, -0.05) is 60.1 Å². The summed E-state index contributed by atoms with van der Waals surface area (Å²) in [5, 5.41) is 12.2. The molecule has 3 aromatic rings. The van der Waals surface area contributed by atoms with Crippen molar-refractivity contribution < 1.29 is 9.50 Å². The van der Waals surface area contributed by atoms with Crippen LogP contribution >= 0.6 is 11.6 Å². The minimum absolute atomic E-state index is 0.296. The van der Waals surface area contributed by atoms with Gasteiger partial charge in [-0.25, -0.2) is 4.39 Å². The number of rotatable bonds is 2. The van der Waals surface area contributed by atoms with E-state index in [1.54, 1.807) is 42.5 Å². The van der Waals surface area contributed by atoms with Crippen LogP contribution in [0.1, 0.15) is 17.2 Å². The van der Waals surface area contributed by atoms with E-state index < -0.39 is 6.10 Å². The Morgan fingerprint density at radius 2 is 1.45 bits per heavy atom. The molecule has 20 heavy (non-hydrogen) atoms. The molecule has 0 heterocycles. The third kappa shape index (κ3) is 2.17. The van der Waals surface area contributed by atoms with Crippen molar-refractivity contribution in [2.75, 3.05) is 0 Å². The number of aliphatic hydroxyl groups is 1. The van der Waals surface area contributed by atoms with Crippen molar-refractivity contribution in [2.24, 2.45) is 0 Å². The summed E-state index contributed by atoms with van der Waals surface area (Å²) in [6.45, 7) is 0. The van der Waals surface area contributed by atoms with Crippen molar-refractivity contribution in [3.05, 3.63) is 82.6 Å². The first kappa shape index (κ1) is 13.1. The lowest BCUT2D eigenvalue weighted by atomic mass is 9.95. The van der Waals surface area contributed by atoms with Crippen molar-refractivity contribution in [2.45, 2.75) is 6.10 Å². The van der Waals surface area contributed by atoms with E-state index >= 15 is 0 Å². The van der Waals surface area contributed by atoms with Gasteiger partial charge >= 0.3 is 0 Å². The monoisotopic (exact) mass is 286 g/mol. The molecule has 1 nitrogen and oxygen atoms in total. The van der Waals surface area contributed by atoms with Crippen LogP contribution in [0, 0.1) is 5.82 Å². The van der Waals surface area contributed by atoms with Crippen LogP contribution in [0.2, 0.25) is 5.02 Å². The summed E-state index contributed by atoms with van der Waals surface area (Å²) in [6, 6.07) is 17.2. The molecule has 0 aliphatic heterocycles. The van der Waals surface area contributed by atoms with Crippen LogP contribution < -0.4 is 0 Å². The lowest BCUT2D eigenvalue weighted by Gasteiger charge is -2.15. The van der Waals surface area contributed by atoms with Crippen molar-refractivity contribution in [1.82, 2.24) is 0 Å². The first-order chi connectivity index (χ1) is 9.68. The molecule has 0 aromatic heterocycles. The Hall–Kier alpha value is -1.90. The average Bonchev–Trinajstić information content (AvgIpc) is 2.48. The van der Waals surface area contributed by atoms with E-state index in [0.717, 1.165) is 0 Å². The highest BCUT2D eigenvalue weighted by Gasteiger charge is 2.17. The van der Waals surface area contributed by atoms with Crippen LogP contribution in [0.4, 0.5) is 4.39 Å². The topological polar surface area (TPSA) is 20.2 Å². The van der Waals surface area contributed by atoms with Gasteiger partial charge in [0, 0.05) is 16.0 Å². The molecule has 100 valence electrons. The summed E-state index contributed by atoms with van der Waals surface area (Å²) in [6.07, 6.45) is -0.880. The third-order valence-corrected chi connectivity index (χ3v) is 3.74. The number of fused-ring (bicyclic) bond motifs is 1. The van der Waals surface area contributed by atoms with E-state index in [2.05, 4.69) is 0 Å². The SMILES string of the molecule is OC(c1ccccc1Cl)c1ccc(F)c2ccccc12. The Morgan fingerprint density at radius 3 is 2.20 bits per heavy atom. The van der Waals surface area contributed by atoms with Crippen LogP contribution in [-0.2, 0) is 0 Å². The summed E-state index contributed by atoms with van der Waals surface area (Å²) < 4.78 is 13.8. The fraction of sp³-hybridized carbons (Fsp3) is 0.0588. The lowest BCUT2D eigenvalue weighted by molar-refractivity contribution is 0.222. The van der Waals surface area contributed by atoms with Crippen molar-refractivity contribution >= 4 is 22.4 Å². The van der Waals surface area contributed by atoms with Gasteiger partial charge in [-0.05, 0) is 23.1 Å². The van der Waals surface area contributed by atoms with Gasteiger partial charge in [-0.15, -0.1) is 0 Å². The van der Waals surface area contributed by atoms with Crippen molar-refractivity contribution in [3.8, 4) is 0 Å². The molecule has 0 saturated heterocycles. The van der Waals surface area contributed by atoms with Gasteiger partial charge in [0.1, 0.15) is 11.9 Å². The van der Waals surface area contributed by atoms with Gasteiger partial charge in [0.25, 0.3) is 0 Å². The zero-order valence-electron chi connectivity index (χ0n) is 10.6. The third-order valence-electron chi connectivity index (χ3n) is 3.40. The molecule has 1 atom stereocenters. The standard InChI is InChI=1S/C17H12ClFO/c18-15-8-4-3-7-14(15)17(20)13-9-10-16(19)12-6-2-1-5-11(12)13/h1-10,17,20H. The summed E-state index contributed by atoms with van der Waals surface area (Å²) in [5.41, 5.74) is 1.26. The predicted molar refractivity (Wildman–Crippen MR) is 79.4 cm³/mol. The highest BCUT2D eigenvalue weighted by molar-refractivity contribution is 6.31. The molecule has 0 radical (unpaired) electrons. The van der Waals surface area contributed by atoms with E-state index in [-0.39, 0.29) is 5.82 Å². The van der Waals surface area contributed by atoms with E-state index in [1.165, 1.54) is 6.07 Å². The fourth-order valence-electron chi connectivity index (χ4n) is 2.39. The maximum Gasteiger partial charge on any atom is 0.131 e. The predicted octanol–water partition coefficient (Wildman–Crippen LogP) is 4.71. The lowest BCUT2D eigenvalue weighted by Crippen LogP contribution is -2.02. The van der Waals surface area contributed by atoms with Gasteiger partial charge in [-0.3, -0.25) is 0 Å². The van der Waals surface area contributed by atoms with Gasteiger partial charge < -0.3 is 5.11 Å². The fourth-order valence-corrected chi connectivity index (χ4v) is 2.63. The Kier molecular flexibility index (Phi) is 3.43. The summed E-state index contributed by atoms with van der Waals surface area (Å²) >= 11 is 6.12. The molecular weight excluding hydrogens is 275 g/mol. The maximum atomic E-state index is 13.8. The van der Waals surface area contributed by atoms with Gasteiger partial charge in [0.15, 0.2) is 0 Å². The second-order valence-electron chi connectivity index (χ2n) is 4.61. The minimum atomic E-state index is -0.880. The van der Waals surface area contributed by atoms with Gasteiger partial charge in [0.05, 0.1) is 0 Å². The molecule has 3 aromatic carbocycles. The molecule has 0 saturated carbocycles. The number of benzene rings is 3. The van der Waals surface area contributed by atoms with Crippen LogP contribution in [0.25, 0.3) is 10.8 Å². The first-order valence-electron chi connectivity index (χ1n) is 6.28. The molecule has 0 aliphatic rings. The molecule has 0 amide bonds. The molecule has 3 rings (SSSR count). The second kappa shape index (κ2) is 5.23. The minimum Gasteiger partial charge on any atom is -0.384 e. The number of hydrogen-bond donors (Lipinski definition) is 1. The highest BCUT2D eigenvalue weighted by Crippen LogP contribution is 2.33. The Balaban J connectivity index is 2.20. The summed E-state index contributed by atoms with van der Waals surface area (Å²) in [4.78, 5) is 0. The molecule has 3 heteroatoms. The molecule has 0 bridgehead atoms. The maximum absolute atomic E-state index is 13.8. The van der Waals surface area contributed by atoms with Crippen molar-refractivity contribution in [1.29, 1.82) is 0 Å². The normalized spacial score (nSPS) is 12.6. The first-order valence-corrected chi connectivity index (χ1v) is 6.66. The smallest absolute Gasteiger partial charge is 0.131 e. The second-order valence-corrected chi connectivity index (χ2v) is 5.01. The Morgan fingerprint density at radius 1 is 0.800 bits per heavy atom. The number of aliphatic hydroxyl groups excluding tert-OH is 1. The van der Waals surface area contributed by atoms with Gasteiger partial charge in [0.2, 0.25) is 0 Å². The molecular formula is C17H12ClFO. The van der Waals surface area contributed by atoms with Gasteiger partial charge in [-0.2, -0.15) is 0 Å². The molecule has 0 spiro atoms. The van der Waals surface area contributed by atoms with Crippen LogP contribution in [0.5, 0.6) is 0 Å². The zero-order valence-corrected chi connectivity index (χ0v) is 11.3. The average molecular weight is 287 g/mol. The van der Waals surface area contributed by atoms with E-state index in [1.807, 2.05) is 12.1 Å². The van der Waals surface area contributed by atoms with Crippen LogP contribution in [0.15, 0.2) is 60.7 Å². The molecule has 0 fully saturated rings. The highest BCUT2D eigenvalue weighted by atomic mass is 35.5. The largest absolute Gasteiger partial charge is 0.384 e.